The van der Waals surface area contributed by atoms with Gasteiger partial charge in [0.25, 0.3) is 0 Å². The van der Waals surface area contributed by atoms with Crippen LogP contribution in [0.25, 0.3) is 0 Å². The number of likely N-dealkylation sites (tertiary alicyclic amines) is 1. The summed E-state index contributed by atoms with van der Waals surface area (Å²) in [4.78, 5) is 32.3. The number of hydrogen-bond donors (Lipinski definition) is 1. The number of rotatable bonds is 10. The number of methoxy groups -OCH3 is 2. The number of aldehydes is 1. The number of nitrogens with zero attached hydrogens (tertiary/aromatic N) is 2. The lowest BCUT2D eigenvalue weighted by atomic mass is 9.87. The maximum Gasteiger partial charge on any atom is 0.318 e. The number of ether oxygens (including phenoxy) is 2. The lowest BCUT2D eigenvalue weighted by Crippen LogP contribution is -2.61. The smallest absolute Gasteiger partial charge is 0.318 e. The molecule has 0 aliphatic carbocycles. The largest absolute Gasteiger partial charge is 0.497 e. The molecule has 1 aliphatic rings. The summed E-state index contributed by atoms with van der Waals surface area (Å²) in [5, 5.41) is 2.98. The normalized spacial score (nSPS) is 15.8. The number of urea groups is 1. The Morgan fingerprint density at radius 1 is 1.24 bits per heavy atom. The molecule has 1 aromatic carbocycles. The highest BCUT2D eigenvalue weighted by Crippen LogP contribution is 2.30. The third-order valence-electron chi connectivity index (χ3n) is 6.42. The van der Waals surface area contributed by atoms with Crippen molar-refractivity contribution in [2.75, 3.05) is 40.5 Å². The van der Waals surface area contributed by atoms with Gasteiger partial charge in [0.2, 0.25) is 0 Å². The van der Waals surface area contributed by atoms with E-state index in [2.05, 4.69) is 30.1 Å². The Hall–Kier alpha value is -2.42. The minimum Gasteiger partial charge on any atom is -0.497 e. The molecule has 0 saturated carbocycles. The van der Waals surface area contributed by atoms with E-state index in [4.69, 9.17) is 9.47 Å². The molecule has 1 aliphatic heterocycles. The van der Waals surface area contributed by atoms with Crippen LogP contribution in [0.2, 0.25) is 0 Å². The van der Waals surface area contributed by atoms with Crippen LogP contribution in [0.15, 0.2) is 30.3 Å². The molecule has 3 rings (SSSR count). The zero-order valence-electron chi connectivity index (χ0n) is 20.1. The summed E-state index contributed by atoms with van der Waals surface area (Å²) in [6.07, 6.45) is 2.18. The monoisotopic (exact) mass is 473 g/mol. The van der Waals surface area contributed by atoms with E-state index in [0.29, 0.717) is 32.5 Å². The highest BCUT2D eigenvalue weighted by molar-refractivity contribution is 7.12. The predicted octanol–water partition coefficient (Wildman–Crippen LogP) is 3.77. The number of amides is 2. The third-order valence-corrected chi connectivity index (χ3v) is 7.55. The van der Waals surface area contributed by atoms with Crippen molar-refractivity contribution >= 4 is 23.7 Å². The van der Waals surface area contributed by atoms with E-state index in [1.54, 1.807) is 19.1 Å². The van der Waals surface area contributed by atoms with E-state index >= 15 is 0 Å². The average molecular weight is 474 g/mol. The van der Waals surface area contributed by atoms with Crippen molar-refractivity contribution in [3.63, 3.8) is 0 Å². The summed E-state index contributed by atoms with van der Waals surface area (Å²) in [5.74, 6) is 0.742. The fraction of sp³-hybridized carbons (Fsp3) is 0.520. The van der Waals surface area contributed by atoms with Gasteiger partial charge in [-0.05, 0) is 56.0 Å². The van der Waals surface area contributed by atoms with Gasteiger partial charge in [-0.2, -0.15) is 0 Å². The van der Waals surface area contributed by atoms with Crippen LogP contribution >= 0.6 is 11.3 Å². The van der Waals surface area contributed by atoms with Gasteiger partial charge in [-0.1, -0.05) is 12.1 Å². The van der Waals surface area contributed by atoms with Crippen molar-refractivity contribution in [1.29, 1.82) is 0 Å². The van der Waals surface area contributed by atoms with Crippen LogP contribution in [0.3, 0.4) is 0 Å². The van der Waals surface area contributed by atoms with E-state index in [1.807, 2.05) is 35.6 Å². The SMILES string of the molecule is COCCN(C(=O)NCc1cccc(OC)c1)C1(C=O)CCN(Cc2cc(C)c(C)s2)CC1. The molecule has 33 heavy (non-hydrogen) atoms. The maximum atomic E-state index is 13.2. The van der Waals surface area contributed by atoms with Crippen LogP contribution in [-0.2, 0) is 22.6 Å². The Morgan fingerprint density at radius 3 is 2.61 bits per heavy atom. The molecule has 0 spiro atoms. The van der Waals surface area contributed by atoms with E-state index in [9.17, 15) is 9.59 Å². The molecular weight excluding hydrogens is 438 g/mol. The number of carbonyl (C=O) groups is 2. The molecule has 0 atom stereocenters. The first-order valence-corrected chi connectivity index (χ1v) is 12.1. The second-order valence-corrected chi connectivity index (χ2v) is 9.95. The van der Waals surface area contributed by atoms with Gasteiger partial charge >= 0.3 is 6.03 Å². The zero-order valence-corrected chi connectivity index (χ0v) is 20.9. The molecule has 7 nitrogen and oxygen atoms in total. The van der Waals surface area contributed by atoms with Crippen LogP contribution < -0.4 is 10.1 Å². The second kappa shape index (κ2) is 11.6. The molecule has 0 radical (unpaired) electrons. The molecule has 1 saturated heterocycles. The van der Waals surface area contributed by atoms with E-state index in [0.717, 1.165) is 37.2 Å². The van der Waals surface area contributed by atoms with E-state index in [1.165, 1.54) is 15.3 Å². The summed E-state index contributed by atoms with van der Waals surface area (Å²) in [5.41, 5.74) is 1.44. The Bertz CT molecular complexity index is 918. The first-order chi connectivity index (χ1) is 15.9. The van der Waals surface area contributed by atoms with Crippen molar-refractivity contribution in [2.24, 2.45) is 0 Å². The van der Waals surface area contributed by atoms with Crippen LogP contribution in [0, 0.1) is 13.8 Å². The quantitative estimate of drug-likeness (QED) is 0.532. The topological polar surface area (TPSA) is 71.1 Å². The number of carbonyl (C=O) groups excluding carboxylic acids is 2. The predicted molar refractivity (Wildman–Crippen MR) is 131 cm³/mol. The van der Waals surface area contributed by atoms with Gasteiger partial charge in [-0.3, -0.25) is 4.90 Å². The molecule has 8 heteroatoms. The molecule has 1 fully saturated rings. The molecule has 180 valence electrons. The number of thiophene rings is 1. The molecule has 1 N–H and O–H groups in total. The van der Waals surface area contributed by atoms with Crippen molar-refractivity contribution in [3.8, 4) is 5.75 Å². The standard InChI is InChI=1S/C25H35N3O4S/c1-19-14-23(33-20(19)2)17-27-10-8-25(18-29,9-11-27)28(12-13-31-3)24(30)26-16-21-6-5-7-22(15-21)32-4/h5-7,14-15,18H,8-13,16-17H2,1-4H3,(H,26,30). The van der Waals surface area contributed by atoms with Gasteiger partial charge in [0.05, 0.1) is 13.7 Å². The molecular formula is C25H35N3O4S. The van der Waals surface area contributed by atoms with Crippen LogP contribution in [0.5, 0.6) is 5.75 Å². The summed E-state index contributed by atoms with van der Waals surface area (Å²) in [7, 11) is 3.22. The van der Waals surface area contributed by atoms with Crippen LogP contribution in [0.4, 0.5) is 4.79 Å². The van der Waals surface area contributed by atoms with Crippen molar-refractivity contribution in [3.05, 3.63) is 51.2 Å². The number of nitrogens with one attached hydrogen (secondary N) is 1. The van der Waals surface area contributed by atoms with Gasteiger partial charge in [-0.15, -0.1) is 11.3 Å². The minimum atomic E-state index is -0.825. The lowest BCUT2D eigenvalue weighted by Gasteiger charge is -2.45. The molecule has 0 unspecified atom stereocenters. The molecule has 2 heterocycles. The fourth-order valence-electron chi connectivity index (χ4n) is 4.26. The minimum absolute atomic E-state index is 0.250. The van der Waals surface area contributed by atoms with E-state index < -0.39 is 5.54 Å². The second-order valence-electron chi connectivity index (χ2n) is 8.60. The summed E-state index contributed by atoms with van der Waals surface area (Å²) in [6.45, 7) is 7.80. The number of hydrogen-bond acceptors (Lipinski definition) is 6. The van der Waals surface area contributed by atoms with Crippen molar-refractivity contribution < 1.29 is 19.1 Å². The Balaban J connectivity index is 1.66. The molecule has 1 aromatic heterocycles. The van der Waals surface area contributed by atoms with Crippen molar-refractivity contribution in [1.82, 2.24) is 15.1 Å². The Labute approximate surface area is 200 Å². The summed E-state index contributed by atoms with van der Waals surface area (Å²) >= 11 is 1.83. The van der Waals surface area contributed by atoms with Gasteiger partial charge in [0.1, 0.15) is 17.6 Å². The summed E-state index contributed by atoms with van der Waals surface area (Å²) < 4.78 is 10.5. The third kappa shape index (κ3) is 6.34. The molecule has 2 aromatic rings. The average Bonchev–Trinajstić information content (AvgIpc) is 3.15. The number of aryl methyl sites for hydroxylation is 2. The van der Waals surface area contributed by atoms with E-state index in [-0.39, 0.29) is 6.03 Å². The van der Waals surface area contributed by atoms with Gasteiger partial charge in [0.15, 0.2) is 0 Å². The zero-order chi connectivity index (χ0) is 23.8. The number of benzene rings is 1. The lowest BCUT2D eigenvalue weighted by molar-refractivity contribution is -0.120. The molecule has 2 amide bonds. The van der Waals surface area contributed by atoms with Gasteiger partial charge in [-0.25, -0.2) is 4.79 Å². The fourth-order valence-corrected chi connectivity index (χ4v) is 5.36. The Morgan fingerprint density at radius 2 is 2.00 bits per heavy atom. The van der Waals surface area contributed by atoms with Gasteiger partial charge in [0, 0.05) is 49.6 Å². The molecule has 0 bridgehead atoms. The first-order valence-electron chi connectivity index (χ1n) is 11.3. The van der Waals surface area contributed by atoms with Gasteiger partial charge < -0.3 is 24.5 Å². The van der Waals surface area contributed by atoms with Crippen LogP contribution in [-0.4, -0.2) is 68.1 Å². The number of piperidine rings is 1. The first kappa shape index (κ1) is 25.2. The summed E-state index contributed by atoms with van der Waals surface area (Å²) in [6, 6.07) is 9.58. The maximum absolute atomic E-state index is 13.2. The highest BCUT2D eigenvalue weighted by Gasteiger charge is 2.42. The Kier molecular flexibility index (Phi) is 8.88. The highest BCUT2D eigenvalue weighted by atomic mass is 32.1. The van der Waals surface area contributed by atoms with Crippen molar-refractivity contribution in [2.45, 2.75) is 45.3 Å². The van der Waals surface area contributed by atoms with Crippen LogP contribution in [0.1, 0.15) is 33.7 Å².